The predicted octanol–water partition coefficient (Wildman–Crippen LogP) is 0.548. The first-order valence-corrected chi connectivity index (χ1v) is 7.29. The standard InChI is InChI=1S/C12H11N7O2S/c20-11(21)7-22-12-16-15-10(6-9-13-17-18-14-9)19(12)8-4-2-1-3-5-8/h1-5H,6-7H2,(H,20,21)(H,13,14,17,18). The molecule has 0 unspecified atom stereocenters. The molecule has 9 nitrogen and oxygen atoms in total. The zero-order valence-corrected chi connectivity index (χ0v) is 12.1. The monoisotopic (exact) mass is 317 g/mol. The first-order valence-electron chi connectivity index (χ1n) is 6.30. The lowest BCUT2D eigenvalue weighted by Crippen LogP contribution is -2.06. The summed E-state index contributed by atoms with van der Waals surface area (Å²) in [7, 11) is 0. The van der Waals surface area contributed by atoms with E-state index in [-0.39, 0.29) is 5.75 Å². The Bertz CT molecular complexity index is 757. The van der Waals surface area contributed by atoms with Gasteiger partial charge in [-0.15, -0.1) is 20.4 Å². The Balaban J connectivity index is 1.97. The van der Waals surface area contributed by atoms with Crippen LogP contribution in [0.5, 0.6) is 0 Å². The van der Waals surface area contributed by atoms with E-state index in [0.29, 0.717) is 23.2 Å². The average molecular weight is 317 g/mol. The minimum atomic E-state index is -0.910. The van der Waals surface area contributed by atoms with Crippen molar-refractivity contribution in [3.8, 4) is 5.69 Å². The van der Waals surface area contributed by atoms with Crippen molar-refractivity contribution in [2.24, 2.45) is 0 Å². The number of hydrogen-bond donors (Lipinski definition) is 2. The number of carboxylic acids is 1. The van der Waals surface area contributed by atoms with E-state index >= 15 is 0 Å². The van der Waals surface area contributed by atoms with Crippen molar-refractivity contribution in [3.63, 3.8) is 0 Å². The molecule has 0 spiro atoms. The number of rotatable bonds is 6. The summed E-state index contributed by atoms with van der Waals surface area (Å²) in [5.41, 5.74) is 0.846. The van der Waals surface area contributed by atoms with Crippen LogP contribution in [0.3, 0.4) is 0 Å². The Hall–Kier alpha value is -2.75. The zero-order chi connectivity index (χ0) is 15.4. The van der Waals surface area contributed by atoms with Crippen LogP contribution in [-0.2, 0) is 11.2 Å². The van der Waals surface area contributed by atoms with Crippen LogP contribution in [0.4, 0.5) is 0 Å². The summed E-state index contributed by atoms with van der Waals surface area (Å²) < 4.78 is 1.80. The fourth-order valence-electron chi connectivity index (χ4n) is 1.87. The largest absolute Gasteiger partial charge is 0.481 e. The molecular weight excluding hydrogens is 306 g/mol. The number of nitrogens with zero attached hydrogens (tertiary/aromatic N) is 6. The SMILES string of the molecule is O=C(O)CSc1nnc(Cc2nn[nH]n2)n1-c1ccccc1. The third-order valence-corrected chi connectivity index (χ3v) is 3.66. The summed E-state index contributed by atoms with van der Waals surface area (Å²) in [6.07, 6.45) is 0.339. The van der Waals surface area contributed by atoms with Gasteiger partial charge in [0.25, 0.3) is 0 Å². The molecule has 2 heterocycles. The van der Waals surface area contributed by atoms with Gasteiger partial charge in [-0.1, -0.05) is 35.2 Å². The lowest BCUT2D eigenvalue weighted by atomic mass is 10.3. The van der Waals surface area contributed by atoms with E-state index in [1.54, 1.807) is 4.57 Å². The number of thioether (sulfide) groups is 1. The van der Waals surface area contributed by atoms with Crippen LogP contribution in [0, 0.1) is 0 Å². The van der Waals surface area contributed by atoms with E-state index in [0.717, 1.165) is 17.4 Å². The molecule has 3 aromatic rings. The summed E-state index contributed by atoms with van der Waals surface area (Å²) >= 11 is 1.11. The van der Waals surface area contributed by atoms with Crippen molar-refractivity contribution in [2.75, 3.05) is 5.75 Å². The van der Waals surface area contributed by atoms with E-state index in [2.05, 4.69) is 30.8 Å². The van der Waals surface area contributed by atoms with Gasteiger partial charge in [-0.05, 0) is 12.1 Å². The summed E-state index contributed by atoms with van der Waals surface area (Å²) in [5, 5.41) is 31.2. The number of H-pyrrole nitrogens is 1. The highest BCUT2D eigenvalue weighted by molar-refractivity contribution is 7.99. The number of benzene rings is 1. The molecule has 0 saturated carbocycles. The molecule has 0 fully saturated rings. The third kappa shape index (κ3) is 3.11. The second kappa shape index (κ2) is 6.35. The molecule has 0 aliphatic heterocycles. The molecule has 0 atom stereocenters. The average Bonchev–Trinajstić information content (AvgIpc) is 3.16. The number of nitrogens with one attached hydrogen (secondary N) is 1. The third-order valence-electron chi connectivity index (χ3n) is 2.74. The first-order chi connectivity index (χ1) is 10.7. The van der Waals surface area contributed by atoms with Gasteiger partial charge in [0.1, 0.15) is 5.82 Å². The van der Waals surface area contributed by atoms with Crippen LogP contribution in [-0.4, -0.2) is 52.2 Å². The van der Waals surface area contributed by atoms with Gasteiger partial charge in [0.15, 0.2) is 11.0 Å². The van der Waals surface area contributed by atoms with Gasteiger partial charge in [0.2, 0.25) is 0 Å². The van der Waals surface area contributed by atoms with Gasteiger partial charge in [-0.3, -0.25) is 9.36 Å². The normalized spacial score (nSPS) is 10.7. The maximum absolute atomic E-state index is 10.8. The number of hydrogen-bond acceptors (Lipinski definition) is 7. The fourth-order valence-corrected chi connectivity index (χ4v) is 2.56. The lowest BCUT2D eigenvalue weighted by molar-refractivity contribution is -0.133. The molecule has 0 aliphatic rings. The molecule has 0 radical (unpaired) electrons. The minimum absolute atomic E-state index is 0.0901. The molecule has 2 aromatic heterocycles. The Kier molecular flexibility index (Phi) is 4.10. The van der Waals surface area contributed by atoms with Crippen LogP contribution in [0.15, 0.2) is 35.5 Å². The summed E-state index contributed by atoms with van der Waals surface area (Å²) in [5.74, 6) is 0.0971. The molecule has 3 rings (SSSR count). The molecule has 112 valence electrons. The number of carbonyl (C=O) groups is 1. The summed E-state index contributed by atoms with van der Waals surface area (Å²) in [6, 6.07) is 9.47. The Morgan fingerprint density at radius 3 is 2.73 bits per heavy atom. The van der Waals surface area contributed by atoms with Gasteiger partial charge in [-0.25, -0.2) is 0 Å². The Morgan fingerprint density at radius 1 is 1.23 bits per heavy atom. The second-order valence-corrected chi connectivity index (χ2v) is 5.20. The molecule has 0 bridgehead atoms. The summed E-state index contributed by atoms with van der Waals surface area (Å²) in [6.45, 7) is 0. The van der Waals surface area contributed by atoms with Crippen LogP contribution < -0.4 is 0 Å². The number of tetrazole rings is 1. The van der Waals surface area contributed by atoms with Crippen LogP contribution in [0.1, 0.15) is 11.6 Å². The summed E-state index contributed by atoms with van der Waals surface area (Å²) in [4.78, 5) is 10.8. The topological polar surface area (TPSA) is 122 Å². The number of aromatic nitrogens is 7. The van der Waals surface area contributed by atoms with E-state index < -0.39 is 5.97 Å². The molecule has 10 heteroatoms. The molecule has 0 aliphatic carbocycles. The van der Waals surface area contributed by atoms with Crippen molar-refractivity contribution in [3.05, 3.63) is 42.0 Å². The van der Waals surface area contributed by atoms with Gasteiger partial charge >= 0.3 is 5.97 Å². The number of para-hydroxylation sites is 1. The second-order valence-electron chi connectivity index (χ2n) is 4.26. The smallest absolute Gasteiger partial charge is 0.313 e. The number of aliphatic carboxylic acids is 1. The van der Waals surface area contributed by atoms with Crippen LogP contribution in [0.2, 0.25) is 0 Å². The van der Waals surface area contributed by atoms with E-state index in [1.807, 2.05) is 30.3 Å². The Labute approximate surface area is 128 Å². The van der Waals surface area contributed by atoms with Crippen LogP contribution in [0.25, 0.3) is 5.69 Å². The van der Waals surface area contributed by atoms with Crippen molar-refractivity contribution in [2.45, 2.75) is 11.6 Å². The molecule has 22 heavy (non-hydrogen) atoms. The highest BCUT2D eigenvalue weighted by Gasteiger charge is 2.17. The zero-order valence-electron chi connectivity index (χ0n) is 11.2. The highest BCUT2D eigenvalue weighted by atomic mass is 32.2. The van der Waals surface area contributed by atoms with Gasteiger partial charge in [0.05, 0.1) is 12.2 Å². The maximum atomic E-state index is 10.8. The highest BCUT2D eigenvalue weighted by Crippen LogP contribution is 2.22. The van der Waals surface area contributed by atoms with Crippen molar-refractivity contribution in [1.82, 2.24) is 35.4 Å². The van der Waals surface area contributed by atoms with Crippen molar-refractivity contribution < 1.29 is 9.90 Å². The number of aromatic amines is 1. The van der Waals surface area contributed by atoms with Crippen molar-refractivity contribution in [1.29, 1.82) is 0 Å². The molecule has 2 N–H and O–H groups in total. The van der Waals surface area contributed by atoms with E-state index in [9.17, 15) is 4.79 Å². The van der Waals surface area contributed by atoms with Crippen LogP contribution >= 0.6 is 11.8 Å². The lowest BCUT2D eigenvalue weighted by Gasteiger charge is -2.08. The van der Waals surface area contributed by atoms with Crippen molar-refractivity contribution >= 4 is 17.7 Å². The van der Waals surface area contributed by atoms with E-state index in [4.69, 9.17) is 5.11 Å². The van der Waals surface area contributed by atoms with Gasteiger partial charge in [0, 0.05) is 5.69 Å². The quantitative estimate of drug-likeness (QED) is 0.632. The number of carboxylic acid groups (broad SMARTS) is 1. The minimum Gasteiger partial charge on any atom is -0.481 e. The van der Waals surface area contributed by atoms with E-state index in [1.165, 1.54) is 0 Å². The first kappa shape index (κ1) is 14.2. The van der Waals surface area contributed by atoms with Gasteiger partial charge in [-0.2, -0.15) is 5.21 Å². The molecule has 1 aromatic carbocycles. The molecule has 0 saturated heterocycles. The predicted molar refractivity (Wildman–Crippen MR) is 76.7 cm³/mol. The molecular formula is C12H11N7O2S. The fraction of sp³-hybridized carbons (Fsp3) is 0.167. The molecule has 0 amide bonds. The van der Waals surface area contributed by atoms with Gasteiger partial charge < -0.3 is 5.11 Å². The maximum Gasteiger partial charge on any atom is 0.313 e. The Morgan fingerprint density at radius 2 is 2.05 bits per heavy atom.